The lowest BCUT2D eigenvalue weighted by Crippen LogP contribution is -2.40. The fraction of sp³-hybridized carbons (Fsp3) is 0.400. The third-order valence-corrected chi connectivity index (χ3v) is 5.69. The molecular formula is C10H8F7NO5S2. The normalized spacial score (nSPS) is 13.1. The SMILES string of the molecule is CCCOc1c(F)c(F)c(S(=O)(=O)NS(=O)(=O)C(F)(F)F)c(F)c1F. The first kappa shape index (κ1) is 21.4. The minimum Gasteiger partial charge on any atom is -0.487 e. The number of rotatable bonds is 6. The average molecular weight is 419 g/mol. The Morgan fingerprint density at radius 1 is 0.920 bits per heavy atom. The zero-order valence-electron chi connectivity index (χ0n) is 11.9. The Bertz CT molecular complexity index is 851. The number of hydrogen-bond acceptors (Lipinski definition) is 5. The molecule has 0 aliphatic rings. The first-order valence-corrected chi connectivity index (χ1v) is 8.97. The molecule has 0 radical (unpaired) electrons. The molecule has 1 aromatic carbocycles. The van der Waals surface area contributed by atoms with Crippen LogP contribution in [-0.2, 0) is 20.0 Å². The van der Waals surface area contributed by atoms with Crippen LogP contribution in [0.15, 0.2) is 4.90 Å². The molecule has 1 rings (SSSR count). The number of hydrogen-bond donors (Lipinski definition) is 1. The maximum absolute atomic E-state index is 13.7. The lowest BCUT2D eigenvalue weighted by Gasteiger charge is -2.14. The molecule has 0 saturated carbocycles. The fourth-order valence-electron chi connectivity index (χ4n) is 1.39. The molecule has 0 aliphatic heterocycles. The van der Waals surface area contributed by atoms with Crippen LogP contribution in [0.5, 0.6) is 5.75 Å². The number of alkyl halides is 3. The van der Waals surface area contributed by atoms with Gasteiger partial charge in [0, 0.05) is 0 Å². The summed E-state index contributed by atoms with van der Waals surface area (Å²) < 4.78 is 140. The van der Waals surface area contributed by atoms with Crippen LogP contribution >= 0.6 is 0 Å². The highest BCUT2D eigenvalue weighted by atomic mass is 32.3. The van der Waals surface area contributed by atoms with Crippen molar-refractivity contribution in [2.45, 2.75) is 23.7 Å². The van der Waals surface area contributed by atoms with Crippen LogP contribution < -0.4 is 8.86 Å². The highest BCUT2D eigenvalue weighted by Gasteiger charge is 2.49. The number of ether oxygens (including phenoxy) is 1. The van der Waals surface area contributed by atoms with Crippen LogP contribution in [0.2, 0.25) is 0 Å². The first-order valence-electron chi connectivity index (χ1n) is 6.01. The van der Waals surface area contributed by atoms with E-state index in [4.69, 9.17) is 0 Å². The van der Waals surface area contributed by atoms with Crippen LogP contribution in [-0.4, -0.2) is 29.0 Å². The molecule has 0 amide bonds. The van der Waals surface area contributed by atoms with Gasteiger partial charge in [-0.3, -0.25) is 0 Å². The number of halogens is 7. The average Bonchev–Trinajstić information content (AvgIpc) is 2.42. The Labute approximate surface area is 136 Å². The van der Waals surface area contributed by atoms with Crippen molar-refractivity contribution in [1.29, 1.82) is 0 Å². The van der Waals surface area contributed by atoms with Crippen LogP contribution in [0.25, 0.3) is 0 Å². The zero-order chi connectivity index (χ0) is 19.8. The molecule has 1 N–H and O–H groups in total. The largest absolute Gasteiger partial charge is 0.512 e. The third kappa shape index (κ3) is 4.14. The van der Waals surface area contributed by atoms with Crippen molar-refractivity contribution in [3.63, 3.8) is 0 Å². The predicted molar refractivity (Wildman–Crippen MR) is 67.4 cm³/mol. The summed E-state index contributed by atoms with van der Waals surface area (Å²) in [5.41, 5.74) is -6.17. The van der Waals surface area contributed by atoms with E-state index in [2.05, 4.69) is 4.74 Å². The molecule has 25 heavy (non-hydrogen) atoms. The van der Waals surface area contributed by atoms with Crippen LogP contribution in [0.3, 0.4) is 0 Å². The Kier molecular flexibility index (Phi) is 5.96. The second kappa shape index (κ2) is 6.95. The van der Waals surface area contributed by atoms with Crippen LogP contribution in [0.1, 0.15) is 13.3 Å². The van der Waals surface area contributed by atoms with Gasteiger partial charge in [0.05, 0.1) is 6.61 Å². The van der Waals surface area contributed by atoms with E-state index in [-0.39, 0.29) is 10.5 Å². The molecule has 0 saturated heterocycles. The Hall–Kier alpha value is -1.61. The molecule has 0 bridgehead atoms. The second-order valence-corrected chi connectivity index (χ2v) is 7.85. The molecule has 144 valence electrons. The van der Waals surface area contributed by atoms with Gasteiger partial charge in [-0.25, -0.2) is 25.6 Å². The summed E-state index contributed by atoms with van der Waals surface area (Å²) in [7, 11) is -12.8. The van der Waals surface area contributed by atoms with Crippen molar-refractivity contribution in [1.82, 2.24) is 4.13 Å². The third-order valence-electron chi connectivity index (χ3n) is 2.43. The van der Waals surface area contributed by atoms with E-state index in [1.165, 1.54) is 6.92 Å². The molecule has 6 nitrogen and oxygen atoms in total. The van der Waals surface area contributed by atoms with Crippen molar-refractivity contribution in [2.24, 2.45) is 0 Å². The minimum atomic E-state index is -6.63. The summed E-state index contributed by atoms with van der Waals surface area (Å²) in [5, 5.41) is 0. The molecule has 15 heteroatoms. The Morgan fingerprint density at radius 2 is 1.36 bits per heavy atom. The fourth-order valence-corrected chi connectivity index (χ4v) is 3.91. The van der Waals surface area contributed by atoms with Crippen molar-refractivity contribution < 1.29 is 52.3 Å². The van der Waals surface area contributed by atoms with E-state index < -0.39 is 66.1 Å². The van der Waals surface area contributed by atoms with Gasteiger partial charge in [0.2, 0.25) is 11.6 Å². The highest BCUT2D eigenvalue weighted by molar-refractivity contribution is 8.05. The van der Waals surface area contributed by atoms with Gasteiger partial charge in [-0.15, -0.1) is 0 Å². The summed E-state index contributed by atoms with van der Waals surface area (Å²) in [4.78, 5) is -2.58. The van der Waals surface area contributed by atoms with E-state index in [1.54, 1.807) is 0 Å². The van der Waals surface area contributed by atoms with Gasteiger partial charge in [0.15, 0.2) is 22.3 Å². The highest BCUT2D eigenvalue weighted by Crippen LogP contribution is 2.33. The van der Waals surface area contributed by atoms with Gasteiger partial charge in [-0.05, 0) is 6.42 Å². The van der Waals surface area contributed by atoms with E-state index in [9.17, 15) is 47.6 Å². The minimum absolute atomic E-state index is 0.0471. The van der Waals surface area contributed by atoms with Crippen molar-refractivity contribution in [3.8, 4) is 5.75 Å². The van der Waals surface area contributed by atoms with Crippen molar-refractivity contribution in [2.75, 3.05) is 6.61 Å². The number of benzene rings is 1. The molecule has 0 atom stereocenters. The quantitative estimate of drug-likeness (QED) is 0.564. The topological polar surface area (TPSA) is 89.5 Å². The lowest BCUT2D eigenvalue weighted by atomic mass is 10.3. The molecule has 0 spiro atoms. The Balaban J connectivity index is 3.58. The Morgan fingerprint density at radius 3 is 1.72 bits per heavy atom. The first-order chi connectivity index (χ1) is 11.2. The predicted octanol–water partition coefficient (Wildman–Crippen LogP) is 2.16. The summed E-state index contributed by atoms with van der Waals surface area (Å²) in [6.45, 7) is 1.02. The standard InChI is InChI=1S/C10H8F7NO5S2/c1-2-3-23-8-4(11)6(13)9(7(14)5(8)12)24(19,20)18-25(21,22)10(15,16)17/h18H,2-3H2,1H3. The van der Waals surface area contributed by atoms with Gasteiger partial charge in [-0.2, -0.15) is 22.0 Å². The van der Waals surface area contributed by atoms with E-state index >= 15 is 0 Å². The smallest absolute Gasteiger partial charge is 0.487 e. The summed E-state index contributed by atoms with van der Waals surface area (Å²) in [6.07, 6.45) is 0.132. The maximum atomic E-state index is 13.7. The van der Waals surface area contributed by atoms with Gasteiger partial charge >= 0.3 is 15.5 Å². The zero-order valence-corrected chi connectivity index (χ0v) is 13.6. The van der Waals surface area contributed by atoms with E-state index in [0.29, 0.717) is 0 Å². The molecule has 1 aromatic rings. The van der Waals surface area contributed by atoms with Crippen molar-refractivity contribution in [3.05, 3.63) is 23.3 Å². The number of nitrogens with one attached hydrogen (secondary N) is 1. The summed E-state index contributed by atoms with van der Waals surface area (Å²) in [5.74, 6) is -11.7. The molecule has 0 fully saturated rings. The molecule has 0 heterocycles. The number of sulfonamides is 2. The van der Waals surface area contributed by atoms with Gasteiger partial charge < -0.3 is 4.74 Å². The maximum Gasteiger partial charge on any atom is 0.512 e. The van der Waals surface area contributed by atoms with Gasteiger partial charge in [-0.1, -0.05) is 11.1 Å². The van der Waals surface area contributed by atoms with Crippen molar-refractivity contribution >= 4 is 20.0 Å². The lowest BCUT2D eigenvalue weighted by molar-refractivity contribution is -0.0441. The molecule has 0 unspecified atom stereocenters. The van der Waals surface area contributed by atoms with E-state index in [0.717, 1.165) is 0 Å². The van der Waals surface area contributed by atoms with Crippen LogP contribution in [0, 0.1) is 23.3 Å². The molecular weight excluding hydrogens is 411 g/mol. The summed E-state index contributed by atoms with van der Waals surface area (Å²) >= 11 is 0. The molecule has 0 aromatic heterocycles. The van der Waals surface area contributed by atoms with E-state index in [1.807, 2.05) is 0 Å². The summed E-state index contributed by atoms with van der Waals surface area (Å²) in [6, 6.07) is 0. The molecule has 0 aliphatic carbocycles. The van der Waals surface area contributed by atoms with Gasteiger partial charge in [0.1, 0.15) is 0 Å². The second-order valence-electron chi connectivity index (χ2n) is 4.30. The van der Waals surface area contributed by atoms with Gasteiger partial charge in [0.25, 0.3) is 10.0 Å². The van der Waals surface area contributed by atoms with Crippen LogP contribution in [0.4, 0.5) is 30.7 Å². The monoisotopic (exact) mass is 419 g/mol.